The van der Waals surface area contributed by atoms with Crippen LogP contribution < -0.4 is 0 Å². The fraction of sp³-hybridized carbons (Fsp3) is 1.00. The molecule has 1 aliphatic rings. The van der Waals surface area contributed by atoms with E-state index in [1.807, 2.05) is 0 Å². The molecule has 0 aliphatic carbocycles. The molecule has 4 nitrogen and oxygen atoms in total. The Labute approximate surface area is 91.6 Å². The summed E-state index contributed by atoms with van der Waals surface area (Å²) in [6.45, 7) is 2.99. The molecule has 0 aromatic heterocycles. The van der Waals surface area contributed by atoms with Crippen molar-refractivity contribution in [2.75, 3.05) is 31.3 Å². The van der Waals surface area contributed by atoms with E-state index in [1.165, 1.54) is 0 Å². The van der Waals surface area contributed by atoms with Crippen LogP contribution >= 0.6 is 0 Å². The van der Waals surface area contributed by atoms with Gasteiger partial charge in [0.1, 0.15) is 9.84 Å². The molecule has 0 unspecified atom stereocenters. The van der Waals surface area contributed by atoms with Crippen LogP contribution in [0.4, 0.5) is 0 Å². The highest BCUT2D eigenvalue weighted by molar-refractivity contribution is 7.91. The summed E-state index contributed by atoms with van der Waals surface area (Å²) in [4.78, 5) is 0. The Morgan fingerprint density at radius 1 is 1.33 bits per heavy atom. The molecule has 1 saturated heterocycles. The van der Waals surface area contributed by atoms with Gasteiger partial charge < -0.3 is 9.84 Å². The fourth-order valence-corrected chi connectivity index (χ4v) is 2.84. The number of hydrogen-bond acceptors (Lipinski definition) is 4. The zero-order chi connectivity index (χ0) is 11.4. The molecule has 1 rings (SSSR count). The molecule has 0 aromatic rings. The third-order valence-electron chi connectivity index (χ3n) is 3.27. The molecule has 0 amide bonds. The molecule has 0 radical (unpaired) electrons. The lowest BCUT2D eigenvalue weighted by molar-refractivity contribution is -0.0175. The van der Waals surface area contributed by atoms with Crippen molar-refractivity contribution < 1.29 is 18.3 Å². The van der Waals surface area contributed by atoms with E-state index in [4.69, 9.17) is 4.74 Å². The second-order valence-electron chi connectivity index (χ2n) is 4.26. The Kier molecular flexibility index (Phi) is 4.55. The molecule has 1 fully saturated rings. The lowest BCUT2D eigenvalue weighted by Gasteiger charge is -2.35. The number of aliphatic hydroxyl groups is 1. The van der Waals surface area contributed by atoms with E-state index in [1.54, 1.807) is 6.92 Å². The summed E-state index contributed by atoms with van der Waals surface area (Å²) in [5, 5.41) is 9.36. The molecule has 0 aromatic carbocycles. The van der Waals surface area contributed by atoms with Gasteiger partial charge in [0.25, 0.3) is 0 Å². The summed E-state index contributed by atoms with van der Waals surface area (Å²) in [5.74, 6) is 0.370. The van der Waals surface area contributed by atoms with Crippen LogP contribution in [-0.2, 0) is 14.6 Å². The first-order chi connectivity index (χ1) is 7.04. The van der Waals surface area contributed by atoms with Crippen LogP contribution in [0.5, 0.6) is 0 Å². The highest BCUT2D eigenvalue weighted by Gasteiger charge is 2.32. The van der Waals surface area contributed by atoms with Crippen molar-refractivity contribution in [1.29, 1.82) is 0 Å². The van der Waals surface area contributed by atoms with E-state index in [0.717, 1.165) is 12.8 Å². The van der Waals surface area contributed by atoms with Crippen LogP contribution in [0, 0.1) is 5.41 Å². The van der Waals surface area contributed by atoms with Gasteiger partial charge in [-0.1, -0.05) is 6.92 Å². The molecule has 1 N–H and O–H groups in total. The number of rotatable bonds is 5. The average Bonchev–Trinajstić information content (AvgIpc) is 2.28. The normalized spacial score (nSPS) is 21.5. The van der Waals surface area contributed by atoms with Crippen molar-refractivity contribution >= 4 is 9.84 Å². The zero-order valence-electron chi connectivity index (χ0n) is 9.24. The SMILES string of the molecule is CCS(=O)(=O)CCC1(CO)CCOCC1. The third kappa shape index (κ3) is 3.74. The molecule has 5 heteroatoms. The standard InChI is InChI=1S/C10H20O4S/c1-2-15(12,13)8-5-10(9-11)3-6-14-7-4-10/h11H,2-9H2,1H3. The first-order valence-corrected chi connectivity index (χ1v) is 7.25. The van der Waals surface area contributed by atoms with E-state index in [0.29, 0.717) is 19.6 Å². The van der Waals surface area contributed by atoms with Gasteiger partial charge in [0.05, 0.1) is 5.75 Å². The molecule has 0 spiro atoms. The monoisotopic (exact) mass is 236 g/mol. The maximum absolute atomic E-state index is 11.4. The third-order valence-corrected chi connectivity index (χ3v) is 4.98. The van der Waals surface area contributed by atoms with Gasteiger partial charge in [-0.05, 0) is 24.7 Å². The van der Waals surface area contributed by atoms with E-state index in [9.17, 15) is 13.5 Å². The summed E-state index contributed by atoms with van der Waals surface area (Å²) in [6, 6.07) is 0. The molecule has 15 heavy (non-hydrogen) atoms. The topological polar surface area (TPSA) is 63.6 Å². The van der Waals surface area contributed by atoms with Crippen molar-refractivity contribution in [2.24, 2.45) is 5.41 Å². The van der Waals surface area contributed by atoms with Gasteiger partial charge in [0.2, 0.25) is 0 Å². The Hall–Kier alpha value is -0.130. The van der Waals surface area contributed by atoms with Gasteiger partial charge in [-0.3, -0.25) is 0 Å². The predicted octanol–water partition coefficient (Wildman–Crippen LogP) is 0.600. The number of ether oxygens (including phenoxy) is 1. The maximum atomic E-state index is 11.4. The van der Waals surface area contributed by atoms with Crippen molar-refractivity contribution in [3.05, 3.63) is 0 Å². The van der Waals surface area contributed by atoms with Gasteiger partial charge in [-0.15, -0.1) is 0 Å². The minimum atomic E-state index is -2.92. The lowest BCUT2D eigenvalue weighted by Crippen LogP contribution is -2.35. The Balaban J connectivity index is 2.53. The molecule has 0 bridgehead atoms. The molecular formula is C10H20O4S. The smallest absolute Gasteiger partial charge is 0.150 e. The summed E-state index contributed by atoms with van der Waals surface area (Å²) in [6.07, 6.45) is 2.09. The van der Waals surface area contributed by atoms with Crippen molar-refractivity contribution in [1.82, 2.24) is 0 Å². The van der Waals surface area contributed by atoms with Crippen LogP contribution in [0.1, 0.15) is 26.2 Å². The fourth-order valence-electron chi connectivity index (χ4n) is 1.81. The number of aliphatic hydroxyl groups excluding tert-OH is 1. The minimum Gasteiger partial charge on any atom is -0.396 e. The number of hydrogen-bond donors (Lipinski definition) is 1. The second-order valence-corrected chi connectivity index (χ2v) is 6.73. The van der Waals surface area contributed by atoms with Gasteiger partial charge in [0.15, 0.2) is 0 Å². The maximum Gasteiger partial charge on any atom is 0.150 e. The van der Waals surface area contributed by atoms with Crippen molar-refractivity contribution in [2.45, 2.75) is 26.2 Å². The Morgan fingerprint density at radius 3 is 2.40 bits per heavy atom. The highest BCUT2D eigenvalue weighted by atomic mass is 32.2. The van der Waals surface area contributed by atoms with E-state index in [2.05, 4.69) is 0 Å². The number of sulfone groups is 1. The van der Waals surface area contributed by atoms with Crippen molar-refractivity contribution in [3.63, 3.8) is 0 Å². The molecule has 1 heterocycles. The predicted molar refractivity (Wildman–Crippen MR) is 58.5 cm³/mol. The lowest BCUT2D eigenvalue weighted by atomic mass is 9.79. The summed E-state index contributed by atoms with van der Waals surface area (Å²) in [5.41, 5.74) is -0.222. The summed E-state index contributed by atoms with van der Waals surface area (Å²) in [7, 11) is -2.92. The summed E-state index contributed by atoms with van der Waals surface area (Å²) < 4.78 is 28.0. The quantitative estimate of drug-likeness (QED) is 0.759. The van der Waals surface area contributed by atoms with Crippen LogP contribution in [0.25, 0.3) is 0 Å². The zero-order valence-corrected chi connectivity index (χ0v) is 10.1. The average molecular weight is 236 g/mol. The van der Waals surface area contributed by atoms with Gasteiger partial charge in [0, 0.05) is 25.6 Å². The molecular weight excluding hydrogens is 216 g/mol. The highest BCUT2D eigenvalue weighted by Crippen LogP contribution is 2.33. The Bertz CT molecular complexity index is 278. The molecule has 90 valence electrons. The van der Waals surface area contributed by atoms with Crippen LogP contribution in [0.3, 0.4) is 0 Å². The van der Waals surface area contributed by atoms with Crippen LogP contribution in [-0.4, -0.2) is 44.9 Å². The van der Waals surface area contributed by atoms with E-state index < -0.39 is 9.84 Å². The van der Waals surface area contributed by atoms with Gasteiger partial charge in [-0.25, -0.2) is 8.42 Å². The van der Waals surface area contributed by atoms with Crippen LogP contribution in [0.2, 0.25) is 0 Å². The van der Waals surface area contributed by atoms with Crippen molar-refractivity contribution in [3.8, 4) is 0 Å². The van der Waals surface area contributed by atoms with Crippen LogP contribution in [0.15, 0.2) is 0 Å². The van der Waals surface area contributed by atoms with Gasteiger partial charge >= 0.3 is 0 Å². The Morgan fingerprint density at radius 2 is 1.93 bits per heavy atom. The molecule has 0 saturated carbocycles. The minimum absolute atomic E-state index is 0.0651. The first kappa shape index (κ1) is 12.9. The van der Waals surface area contributed by atoms with E-state index >= 15 is 0 Å². The largest absolute Gasteiger partial charge is 0.396 e. The molecule has 0 atom stereocenters. The molecule has 1 aliphatic heterocycles. The second kappa shape index (κ2) is 5.27. The van der Waals surface area contributed by atoms with Gasteiger partial charge in [-0.2, -0.15) is 0 Å². The summed E-state index contributed by atoms with van der Waals surface area (Å²) >= 11 is 0. The van der Waals surface area contributed by atoms with E-state index in [-0.39, 0.29) is 23.5 Å². The first-order valence-electron chi connectivity index (χ1n) is 5.43.